The third-order valence-corrected chi connectivity index (χ3v) is 4.98. The second-order valence-corrected chi connectivity index (χ2v) is 6.77. The van der Waals surface area contributed by atoms with Crippen molar-refractivity contribution in [2.24, 2.45) is 0 Å². The Morgan fingerprint density at radius 2 is 2.00 bits per heavy atom. The standard InChI is InChI=1S/C12H15ClFNO3S/c13-8-5-6-12(9(14)7-8)19(17,18)15-10-3-1-2-4-11(10)16/h5-7,10-11,15-16H,1-4H2/t10-,11-/m0/s1. The van der Waals surface area contributed by atoms with Crippen LogP contribution in [-0.4, -0.2) is 25.7 Å². The summed E-state index contributed by atoms with van der Waals surface area (Å²) in [6.45, 7) is 0. The summed E-state index contributed by atoms with van der Waals surface area (Å²) in [6.07, 6.45) is 2.09. The molecule has 0 saturated heterocycles. The Kier molecular flexibility index (Phi) is 4.45. The van der Waals surface area contributed by atoms with Crippen molar-refractivity contribution in [2.45, 2.75) is 42.7 Å². The third-order valence-electron chi connectivity index (χ3n) is 3.22. The van der Waals surface area contributed by atoms with Crippen molar-refractivity contribution in [1.82, 2.24) is 4.72 Å². The monoisotopic (exact) mass is 307 g/mol. The number of hydrogen-bond donors (Lipinski definition) is 2. The molecule has 1 aliphatic rings. The summed E-state index contributed by atoms with van der Waals surface area (Å²) in [6, 6.07) is 2.83. The van der Waals surface area contributed by atoms with E-state index in [0.29, 0.717) is 12.8 Å². The average Bonchev–Trinajstić information content (AvgIpc) is 2.31. The molecule has 0 radical (unpaired) electrons. The molecule has 1 aromatic rings. The van der Waals surface area contributed by atoms with E-state index >= 15 is 0 Å². The van der Waals surface area contributed by atoms with Gasteiger partial charge in [0.2, 0.25) is 10.0 Å². The van der Waals surface area contributed by atoms with Crippen LogP contribution in [0.25, 0.3) is 0 Å². The van der Waals surface area contributed by atoms with Gasteiger partial charge in [0, 0.05) is 11.1 Å². The average molecular weight is 308 g/mol. The van der Waals surface area contributed by atoms with E-state index in [0.717, 1.165) is 25.0 Å². The van der Waals surface area contributed by atoms with Crippen LogP contribution in [-0.2, 0) is 10.0 Å². The van der Waals surface area contributed by atoms with Gasteiger partial charge in [-0.15, -0.1) is 0 Å². The minimum Gasteiger partial charge on any atom is -0.391 e. The SMILES string of the molecule is O=S(=O)(N[C@H]1CCCC[C@@H]1O)c1ccc(Cl)cc1F. The number of aliphatic hydroxyl groups is 1. The van der Waals surface area contributed by atoms with Crippen LogP contribution in [0.3, 0.4) is 0 Å². The van der Waals surface area contributed by atoms with Crippen molar-refractivity contribution in [2.75, 3.05) is 0 Å². The van der Waals surface area contributed by atoms with Gasteiger partial charge in [-0.3, -0.25) is 0 Å². The Morgan fingerprint density at radius 3 is 2.63 bits per heavy atom. The Morgan fingerprint density at radius 1 is 1.32 bits per heavy atom. The number of hydrogen-bond acceptors (Lipinski definition) is 3. The predicted molar refractivity (Wildman–Crippen MR) is 70.0 cm³/mol. The van der Waals surface area contributed by atoms with Crippen LogP contribution in [0.5, 0.6) is 0 Å². The molecule has 0 bridgehead atoms. The van der Waals surface area contributed by atoms with Gasteiger partial charge in [-0.2, -0.15) is 0 Å². The minimum atomic E-state index is -3.98. The quantitative estimate of drug-likeness (QED) is 0.898. The summed E-state index contributed by atoms with van der Waals surface area (Å²) >= 11 is 5.59. The predicted octanol–water partition coefficient (Wildman–Crippen LogP) is 2.06. The second kappa shape index (κ2) is 5.75. The molecule has 2 N–H and O–H groups in total. The molecule has 1 saturated carbocycles. The minimum absolute atomic E-state index is 0.133. The highest BCUT2D eigenvalue weighted by atomic mass is 35.5. The Bertz CT molecular complexity index is 564. The van der Waals surface area contributed by atoms with E-state index in [1.807, 2.05) is 0 Å². The largest absolute Gasteiger partial charge is 0.391 e. The van der Waals surface area contributed by atoms with Crippen LogP contribution >= 0.6 is 11.6 Å². The lowest BCUT2D eigenvalue weighted by Crippen LogP contribution is -2.45. The lowest BCUT2D eigenvalue weighted by atomic mass is 9.93. The van der Waals surface area contributed by atoms with Crippen molar-refractivity contribution in [3.8, 4) is 0 Å². The zero-order valence-corrected chi connectivity index (χ0v) is 11.7. The molecule has 4 nitrogen and oxygen atoms in total. The van der Waals surface area contributed by atoms with Gasteiger partial charge in [0.15, 0.2) is 0 Å². The number of rotatable bonds is 3. The Balaban J connectivity index is 2.22. The van der Waals surface area contributed by atoms with Crippen molar-refractivity contribution >= 4 is 21.6 Å². The summed E-state index contributed by atoms with van der Waals surface area (Å²) in [5.74, 6) is -0.898. The normalized spacial score (nSPS) is 24.4. The van der Waals surface area contributed by atoms with Gasteiger partial charge >= 0.3 is 0 Å². The molecule has 7 heteroatoms. The van der Waals surface area contributed by atoms with Crippen LogP contribution in [0.2, 0.25) is 5.02 Å². The van der Waals surface area contributed by atoms with Crippen LogP contribution in [0, 0.1) is 5.82 Å². The van der Waals surface area contributed by atoms with Gasteiger partial charge in [0.1, 0.15) is 10.7 Å². The number of sulfonamides is 1. The van der Waals surface area contributed by atoms with E-state index in [1.54, 1.807) is 0 Å². The first-order valence-electron chi connectivity index (χ1n) is 6.05. The first kappa shape index (κ1) is 14.7. The lowest BCUT2D eigenvalue weighted by molar-refractivity contribution is 0.101. The molecular weight excluding hydrogens is 293 g/mol. The summed E-state index contributed by atoms with van der Waals surface area (Å²) in [7, 11) is -3.98. The van der Waals surface area contributed by atoms with E-state index in [4.69, 9.17) is 11.6 Å². The molecule has 0 spiro atoms. The van der Waals surface area contributed by atoms with Crippen molar-refractivity contribution < 1.29 is 17.9 Å². The number of benzene rings is 1. The molecule has 1 aliphatic carbocycles. The maximum Gasteiger partial charge on any atom is 0.243 e. The fourth-order valence-electron chi connectivity index (χ4n) is 2.20. The van der Waals surface area contributed by atoms with Crippen molar-refractivity contribution in [1.29, 1.82) is 0 Å². The molecule has 1 fully saturated rings. The molecule has 2 atom stereocenters. The van der Waals surface area contributed by atoms with Crippen LogP contribution < -0.4 is 4.72 Å². The maximum absolute atomic E-state index is 13.6. The van der Waals surface area contributed by atoms with E-state index in [9.17, 15) is 17.9 Å². The Hall–Kier alpha value is -0.690. The highest BCUT2D eigenvalue weighted by molar-refractivity contribution is 7.89. The van der Waals surface area contributed by atoms with Crippen LogP contribution in [0.15, 0.2) is 23.1 Å². The van der Waals surface area contributed by atoms with Gasteiger partial charge in [-0.25, -0.2) is 17.5 Å². The molecule has 0 heterocycles. The van der Waals surface area contributed by atoms with Gasteiger partial charge in [0.25, 0.3) is 0 Å². The highest BCUT2D eigenvalue weighted by Crippen LogP contribution is 2.23. The zero-order valence-electron chi connectivity index (χ0n) is 10.1. The van der Waals surface area contributed by atoms with E-state index in [1.165, 1.54) is 6.07 Å². The molecule has 0 aromatic heterocycles. The molecular formula is C12H15ClFNO3S. The number of nitrogens with one attached hydrogen (secondary N) is 1. The lowest BCUT2D eigenvalue weighted by Gasteiger charge is -2.28. The second-order valence-electron chi connectivity index (χ2n) is 4.65. The van der Waals surface area contributed by atoms with Crippen molar-refractivity contribution in [3.05, 3.63) is 29.0 Å². The van der Waals surface area contributed by atoms with Gasteiger partial charge in [0.05, 0.1) is 6.10 Å². The van der Waals surface area contributed by atoms with Crippen LogP contribution in [0.1, 0.15) is 25.7 Å². The summed E-state index contributed by atoms with van der Waals surface area (Å²) in [5, 5.41) is 9.88. The maximum atomic E-state index is 13.6. The van der Waals surface area contributed by atoms with Crippen molar-refractivity contribution in [3.63, 3.8) is 0 Å². The van der Waals surface area contributed by atoms with E-state index in [2.05, 4.69) is 4.72 Å². The third kappa shape index (κ3) is 3.45. The fraction of sp³-hybridized carbons (Fsp3) is 0.500. The molecule has 0 amide bonds. The molecule has 106 valence electrons. The fourth-order valence-corrected chi connectivity index (χ4v) is 3.73. The molecule has 2 rings (SSSR count). The number of aliphatic hydroxyl groups excluding tert-OH is 1. The summed E-state index contributed by atoms with van der Waals surface area (Å²) < 4.78 is 40.1. The van der Waals surface area contributed by atoms with Crippen LogP contribution in [0.4, 0.5) is 4.39 Å². The first-order chi connectivity index (χ1) is 8.90. The zero-order chi connectivity index (χ0) is 14.0. The van der Waals surface area contributed by atoms with Gasteiger partial charge in [-0.05, 0) is 31.0 Å². The van der Waals surface area contributed by atoms with Gasteiger partial charge < -0.3 is 5.11 Å². The highest BCUT2D eigenvalue weighted by Gasteiger charge is 2.29. The molecule has 1 aromatic carbocycles. The van der Waals surface area contributed by atoms with Gasteiger partial charge in [-0.1, -0.05) is 24.4 Å². The molecule has 0 aliphatic heterocycles. The summed E-state index contributed by atoms with van der Waals surface area (Å²) in [5.41, 5.74) is 0. The molecule has 19 heavy (non-hydrogen) atoms. The first-order valence-corrected chi connectivity index (χ1v) is 7.92. The van der Waals surface area contributed by atoms with E-state index < -0.39 is 32.9 Å². The Labute approximate surface area is 116 Å². The topological polar surface area (TPSA) is 66.4 Å². The van der Waals surface area contributed by atoms with E-state index in [-0.39, 0.29) is 5.02 Å². The number of halogens is 2. The molecule has 0 unspecified atom stereocenters. The smallest absolute Gasteiger partial charge is 0.243 e. The summed E-state index contributed by atoms with van der Waals surface area (Å²) in [4.78, 5) is -0.449.